The fourth-order valence-corrected chi connectivity index (χ4v) is 2.36. The van der Waals surface area contributed by atoms with Crippen molar-refractivity contribution in [1.29, 1.82) is 0 Å². The van der Waals surface area contributed by atoms with Crippen LogP contribution in [0, 0.1) is 0 Å². The molecule has 0 rings (SSSR count). The summed E-state index contributed by atoms with van der Waals surface area (Å²) in [5.41, 5.74) is 0. The molecule has 0 bridgehead atoms. The fraction of sp³-hybridized carbons (Fsp3) is 0.750. The molecule has 0 aromatic heterocycles. The Labute approximate surface area is 64.8 Å². The molecule has 62 valence electrons. The Kier molecular flexibility index (Phi) is 5.32. The molecule has 0 saturated heterocycles. The molecule has 0 amide bonds. The fourth-order valence-electron chi connectivity index (χ4n) is 0.360. The van der Waals surface area contributed by atoms with Crippen LogP contribution in [0.3, 0.4) is 0 Å². The Balaban J connectivity index is 4.84. The van der Waals surface area contributed by atoms with Gasteiger partial charge >= 0.3 is 64.3 Å². The van der Waals surface area contributed by atoms with Gasteiger partial charge in [-0.1, -0.05) is 0 Å². The van der Waals surface area contributed by atoms with Crippen molar-refractivity contribution in [2.24, 2.45) is 0 Å². The zero-order valence-electron chi connectivity index (χ0n) is 5.93. The van der Waals surface area contributed by atoms with Gasteiger partial charge in [-0.2, -0.15) is 0 Å². The molecule has 0 aromatic carbocycles. The van der Waals surface area contributed by atoms with E-state index in [0.29, 0.717) is 0 Å². The number of hydrogen-bond acceptors (Lipinski definition) is 4. The molecular weight excluding hydrogens is 199 g/mol. The minimum absolute atomic E-state index is 0.0521. The Morgan fingerprint density at radius 1 is 1.20 bits per heavy atom. The standard InChI is InChI=1S/C3H9O3P.CO.Fe/c1-4-7(5-2)6-3;1-2;/h1-3H3;;. The predicted molar refractivity (Wildman–Crippen MR) is 33.6 cm³/mol. The first kappa shape index (κ1) is 10.4. The van der Waals surface area contributed by atoms with Crippen LogP contribution in [-0.4, -0.2) is 26.1 Å². The van der Waals surface area contributed by atoms with E-state index >= 15 is 0 Å². The van der Waals surface area contributed by atoms with Crippen LogP contribution in [0.25, 0.3) is 0 Å². The van der Waals surface area contributed by atoms with Gasteiger partial charge in [-0.3, -0.25) is 0 Å². The van der Waals surface area contributed by atoms with Crippen molar-refractivity contribution in [3.05, 3.63) is 0 Å². The summed E-state index contributed by atoms with van der Waals surface area (Å²) in [6, 6.07) is 0. The van der Waals surface area contributed by atoms with Gasteiger partial charge in [0.15, 0.2) is 0 Å². The van der Waals surface area contributed by atoms with Crippen molar-refractivity contribution < 1.29 is 32.0 Å². The van der Waals surface area contributed by atoms with E-state index < -0.39 is 6.19 Å². The van der Waals surface area contributed by atoms with Crippen LogP contribution in [0.2, 0.25) is 0 Å². The molecule has 0 aliphatic heterocycles. The van der Waals surface area contributed by atoms with Crippen molar-refractivity contribution in [2.75, 3.05) is 21.3 Å². The predicted octanol–water partition coefficient (Wildman–Crippen LogP) is 0.753. The van der Waals surface area contributed by atoms with Gasteiger partial charge in [-0.05, 0) is 0 Å². The Hall–Kier alpha value is 0.409. The second-order valence-electron chi connectivity index (χ2n) is 1.12. The van der Waals surface area contributed by atoms with E-state index in [9.17, 15) is 4.79 Å². The second kappa shape index (κ2) is 5.11. The average molecular weight is 208 g/mol. The first-order valence-electron chi connectivity index (χ1n) is 2.31. The molecule has 0 radical (unpaired) electrons. The summed E-state index contributed by atoms with van der Waals surface area (Å²) in [5.74, 6) is 0. The topological polar surface area (TPSA) is 44.8 Å². The summed E-state index contributed by atoms with van der Waals surface area (Å²) in [7, 11) is 4.33. The quantitative estimate of drug-likeness (QED) is 0.507. The van der Waals surface area contributed by atoms with Crippen LogP contribution in [0.1, 0.15) is 0 Å². The van der Waals surface area contributed by atoms with Crippen LogP contribution in [0.5, 0.6) is 0 Å². The van der Waals surface area contributed by atoms with Crippen molar-refractivity contribution in [1.82, 2.24) is 0 Å². The average Bonchev–Trinajstić information content (AvgIpc) is 2.01. The van der Waals surface area contributed by atoms with Crippen molar-refractivity contribution in [2.45, 2.75) is 0 Å². The first-order chi connectivity index (χ1) is 4.74. The Morgan fingerprint density at radius 2 is 1.60 bits per heavy atom. The van der Waals surface area contributed by atoms with Gasteiger partial charge in [0, 0.05) is 0 Å². The normalized spacial score (nSPS) is 11.1. The third-order valence-electron chi connectivity index (χ3n) is 0.770. The van der Waals surface area contributed by atoms with E-state index in [0.717, 1.165) is 0 Å². The van der Waals surface area contributed by atoms with Crippen molar-refractivity contribution in [3.8, 4) is 0 Å². The van der Waals surface area contributed by atoms with E-state index in [1.807, 2.05) is 0 Å². The van der Waals surface area contributed by atoms with Crippen LogP contribution in [0.15, 0.2) is 0 Å². The summed E-state index contributed by atoms with van der Waals surface area (Å²) in [5, 5.41) is 0. The molecule has 4 nitrogen and oxygen atoms in total. The third-order valence-corrected chi connectivity index (χ3v) is 5.33. The number of hydrogen-bond donors (Lipinski definition) is 0. The molecule has 0 aliphatic rings. The monoisotopic (exact) mass is 208 g/mol. The van der Waals surface area contributed by atoms with Crippen LogP contribution in [-0.2, 0) is 32.0 Å². The molecule has 0 spiro atoms. The molecule has 0 aliphatic carbocycles. The van der Waals surface area contributed by atoms with Crippen molar-refractivity contribution in [3.63, 3.8) is 0 Å². The van der Waals surface area contributed by atoms with Crippen molar-refractivity contribution >= 4 is 11.0 Å². The van der Waals surface area contributed by atoms with E-state index in [4.69, 9.17) is 13.6 Å². The third kappa shape index (κ3) is 2.57. The van der Waals surface area contributed by atoms with Gasteiger partial charge in [-0.25, -0.2) is 0 Å². The maximum atomic E-state index is 9.96. The van der Waals surface area contributed by atoms with E-state index in [-0.39, 0.29) is 13.6 Å². The Bertz CT molecular complexity index is 184. The number of carbonyl (C=O) groups excluding carboxylic acids is 1. The van der Waals surface area contributed by atoms with Gasteiger partial charge < -0.3 is 0 Å². The van der Waals surface area contributed by atoms with Gasteiger partial charge in [0.1, 0.15) is 0 Å². The van der Waals surface area contributed by atoms with E-state index in [2.05, 4.69) is 0 Å². The maximum absolute atomic E-state index is 9.96. The summed E-state index contributed by atoms with van der Waals surface area (Å²) < 4.78 is 14.6. The molecule has 0 fully saturated rings. The van der Waals surface area contributed by atoms with E-state index in [1.54, 1.807) is 4.79 Å². The van der Waals surface area contributed by atoms with Gasteiger partial charge in [-0.15, -0.1) is 0 Å². The summed E-state index contributed by atoms with van der Waals surface area (Å²) in [6.45, 7) is 0. The molecular formula is C4H9FeO4P. The molecule has 0 N–H and O–H groups in total. The van der Waals surface area contributed by atoms with Crippen LogP contribution < -0.4 is 0 Å². The summed E-state index contributed by atoms with van der Waals surface area (Å²) in [4.78, 5) is 11.6. The summed E-state index contributed by atoms with van der Waals surface area (Å²) >= 11 is 0.0521. The van der Waals surface area contributed by atoms with Crippen LogP contribution >= 0.6 is 6.19 Å². The molecule has 6 heteroatoms. The van der Waals surface area contributed by atoms with Gasteiger partial charge in [0.2, 0.25) is 0 Å². The summed E-state index contributed by atoms with van der Waals surface area (Å²) in [6.07, 6.45) is -2.36. The molecule has 0 saturated carbocycles. The molecule has 0 atom stereocenters. The number of rotatable bonds is 3. The van der Waals surface area contributed by atoms with Gasteiger partial charge in [0.05, 0.1) is 0 Å². The zero-order chi connectivity index (χ0) is 8.04. The molecule has 0 unspecified atom stereocenters. The zero-order valence-corrected chi connectivity index (χ0v) is 7.93. The molecule has 0 aromatic rings. The first-order valence-corrected chi connectivity index (χ1v) is 5.76. The molecule has 10 heavy (non-hydrogen) atoms. The Morgan fingerprint density at radius 3 is 1.70 bits per heavy atom. The second-order valence-corrected chi connectivity index (χ2v) is 5.98. The van der Waals surface area contributed by atoms with Crippen LogP contribution in [0.4, 0.5) is 0 Å². The SMILES string of the molecule is CO[P](OC)(OC)=[Fe]=[C]=O. The van der Waals surface area contributed by atoms with E-state index in [1.165, 1.54) is 21.3 Å². The van der Waals surface area contributed by atoms with Gasteiger partial charge in [0.25, 0.3) is 0 Å². The molecule has 0 heterocycles. The minimum atomic E-state index is -2.36.